The van der Waals surface area contributed by atoms with Crippen molar-refractivity contribution >= 4 is 33.2 Å². The van der Waals surface area contributed by atoms with Crippen LogP contribution in [0.3, 0.4) is 0 Å². The van der Waals surface area contributed by atoms with Gasteiger partial charge < -0.3 is 5.32 Å². The standard InChI is InChI=1S/C19H21ClN2O3S/c1-14-5-7-15(8-6-14)19(23)21-16-9-10-17(20)18(13-16)26(24,25)22-11-3-2-4-12-22/h5-10,13H,2-4,11-12H2,1H3,(H,21,23). The zero-order valence-electron chi connectivity index (χ0n) is 14.5. The summed E-state index contributed by atoms with van der Waals surface area (Å²) in [5.74, 6) is -0.298. The second-order valence-electron chi connectivity index (χ2n) is 6.43. The van der Waals surface area contributed by atoms with Crippen LogP contribution in [0.5, 0.6) is 0 Å². The van der Waals surface area contributed by atoms with E-state index in [1.165, 1.54) is 16.4 Å². The number of benzene rings is 2. The van der Waals surface area contributed by atoms with Gasteiger partial charge in [-0.25, -0.2) is 8.42 Å². The molecular formula is C19H21ClN2O3S. The number of sulfonamides is 1. The first-order valence-electron chi connectivity index (χ1n) is 8.55. The monoisotopic (exact) mass is 392 g/mol. The molecule has 1 fully saturated rings. The van der Waals surface area contributed by atoms with Gasteiger partial charge in [-0.2, -0.15) is 4.31 Å². The number of carbonyl (C=O) groups is 1. The maximum Gasteiger partial charge on any atom is 0.255 e. The van der Waals surface area contributed by atoms with Crippen LogP contribution < -0.4 is 5.32 Å². The van der Waals surface area contributed by atoms with E-state index >= 15 is 0 Å². The predicted octanol–water partition coefficient (Wildman–Crippen LogP) is 4.08. The average Bonchev–Trinajstić information content (AvgIpc) is 2.64. The van der Waals surface area contributed by atoms with Gasteiger partial charge in [0.1, 0.15) is 4.90 Å². The number of hydrogen-bond acceptors (Lipinski definition) is 3. The molecule has 7 heteroatoms. The Labute approximate surface area is 159 Å². The number of nitrogens with zero attached hydrogens (tertiary/aromatic N) is 1. The van der Waals surface area contributed by atoms with Gasteiger partial charge in [-0.3, -0.25) is 4.79 Å². The molecule has 1 aliphatic heterocycles. The Morgan fingerprint density at radius 1 is 1.04 bits per heavy atom. The minimum absolute atomic E-state index is 0.0303. The van der Waals surface area contributed by atoms with E-state index < -0.39 is 10.0 Å². The maximum atomic E-state index is 12.9. The molecule has 0 spiro atoms. The largest absolute Gasteiger partial charge is 0.322 e. The van der Waals surface area contributed by atoms with Gasteiger partial charge in [-0.1, -0.05) is 35.7 Å². The molecule has 1 saturated heterocycles. The van der Waals surface area contributed by atoms with Gasteiger partial charge in [0.05, 0.1) is 5.02 Å². The molecule has 0 bridgehead atoms. The Morgan fingerprint density at radius 3 is 2.35 bits per heavy atom. The Hall–Kier alpha value is -1.89. The quantitative estimate of drug-likeness (QED) is 0.852. The van der Waals surface area contributed by atoms with Gasteiger partial charge in [0.2, 0.25) is 10.0 Å². The van der Waals surface area contributed by atoms with Crippen molar-refractivity contribution in [3.05, 3.63) is 58.6 Å². The summed E-state index contributed by atoms with van der Waals surface area (Å²) in [7, 11) is -3.67. The number of nitrogens with one attached hydrogen (secondary N) is 1. The lowest BCUT2D eigenvalue weighted by Crippen LogP contribution is -2.35. The first kappa shape index (κ1) is 18.9. The van der Waals surface area contributed by atoms with Crippen molar-refractivity contribution in [2.45, 2.75) is 31.1 Å². The molecule has 0 atom stereocenters. The van der Waals surface area contributed by atoms with Crippen LogP contribution in [0.1, 0.15) is 35.2 Å². The SMILES string of the molecule is Cc1ccc(C(=O)Nc2ccc(Cl)c(S(=O)(=O)N3CCCCC3)c2)cc1. The molecule has 0 aromatic heterocycles. The molecule has 5 nitrogen and oxygen atoms in total. The molecule has 0 aliphatic carbocycles. The molecule has 138 valence electrons. The molecule has 0 unspecified atom stereocenters. The van der Waals surface area contributed by atoms with Crippen molar-refractivity contribution in [1.82, 2.24) is 4.31 Å². The molecule has 3 rings (SSSR count). The van der Waals surface area contributed by atoms with Gasteiger partial charge in [0.15, 0.2) is 0 Å². The van der Waals surface area contributed by atoms with Crippen molar-refractivity contribution in [2.75, 3.05) is 18.4 Å². The highest BCUT2D eigenvalue weighted by Crippen LogP contribution is 2.29. The van der Waals surface area contributed by atoms with Crippen LogP contribution in [-0.2, 0) is 10.0 Å². The second-order valence-corrected chi connectivity index (χ2v) is 8.74. The summed E-state index contributed by atoms with van der Waals surface area (Å²) in [5, 5.41) is 2.90. The molecule has 1 amide bonds. The molecular weight excluding hydrogens is 372 g/mol. The number of halogens is 1. The van der Waals surface area contributed by atoms with E-state index in [9.17, 15) is 13.2 Å². The first-order chi connectivity index (χ1) is 12.4. The van der Waals surface area contributed by atoms with E-state index in [-0.39, 0.29) is 15.8 Å². The number of hydrogen-bond donors (Lipinski definition) is 1. The van der Waals surface area contributed by atoms with Crippen molar-refractivity contribution in [2.24, 2.45) is 0 Å². The highest BCUT2D eigenvalue weighted by Gasteiger charge is 2.28. The van der Waals surface area contributed by atoms with E-state index in [1.807, 2.05) is 19.1 Å². The number of rotatable bonds is 4. The van der Waals surface area contributed by atoms with Crippen molar-refractivity contribution < 1.29 is 13.2 Å². The topological polar surface area (TPSA) is 66.5 Å². The van der Waals surface area contributed by atoms with E-state index in [4.69, 9.17) is 11.6 Å². The third-order valence-corrected chi connectivity index (χ3v) is 6.82. The van der Waals surface area contributed by atoms with Crippen LogP contribution in [0.25, 0.3) is 0 Å². The summed E-state index contributed by atoms with van der Waals surface area (Å²) in [6.45, 7) is 2.94. The van der Waals surface area contributed by atoms with E-state index in [0.717, 1.165) is 24.8 Å². The minimum atomic E-state index is -3.67. The summed E-state index contributed by atoms with van der Waals surface area (Å²) in [4.78, 5) is 12.4. The Morgan fingerprint density at radius 2 is 1.69 bits per heavy atom. The van der Waals surface area contributed by atoms with Gasteiger partial charge in [-0.15, -0.1) is 0 Å². The van der Waals surface area contributed by atoms with Crippen molar-refractivity contribution in [3.8, 4) is 0 Å². The summed E-state index contributed by atoms with van der Waals surface area (Å²) in [5.41, 5.74) is 1.96. The summed E-state index contributed by atoms with van der Waals surface area (Å²) in [6.07, 6.45) is 2.73. The molecule has 26 heavy (non-hydrogen) atoms. The average molecular weight is 393 g/mol. The lowest BCUT2D eigenvalue weighted by Gasteiger charge is -2.26. The lowest BCUT2D eigenvalue weighted by atomic mass is 10.1. The Kier molecular flexibility index (Phi) is 5.65. The van der Waals surface area contributed by atoms with Gasteiger partial charge in [0.25, 0.3) is 5.91 Å². The zero-order valence-corrected chi connectivity index (χ0v) is 16.1. The zero-order chi connectivity index (χ0) is 18.7. The smallest absolute Gasteiger partial charge is 0.255 e. The van der Waals surface area contributed by atoms with Gasteiger partial charge in [0, 0.05) is 24.3 Å². The van der Waals surface area contributed by atoms with Gasteiger partial charge >= 0.3 is 0 Å². The second kappa shape index (κ2) is 7.78. The molecule has 2 aromatic rings. The summed E-state index contributed by atoms with van der Waals surface area (Å²) < 4.78 is 27.2. The molecule has 1 aliphatic rings. The molecule has 0 saturated carbocycles. The van der Waals surface area contributed by atoms with E-state index in [1.54, 1.807) is 18.2 Å². The number of aryl methyl sites for hydroxylation is 1. The van der Waals surface area contributed by atoms with E-state index in [2.05, 4.69) is 5.32 Å². The molecule has 2 aromatic carbocycles. The molecule has 1 heterocycles. The third-order valence-electron chi connectivity index (χ3n) is 4.44. The third kappa shape index (κ3) is 4.09. The fraction of sp³-hybridized carbons (Fsp3) is 0.316. The highest BCUT2D eigenvalue weighted by molar-refractivity contribution is 7.89. The minimum Gasteiger partial charge on any atom is -0.322 e. The first-order valence-corrected chi connectivity index (χ1v) is 10.4. The fourth-order valence-electron chi connectivity index (χ4n) is 2.93. The Bertz CT molecular complexity index is 905. The molecule has 1 N–H and O–H groups in total. The number of amides is 1. The normalized spacial score (nSPS) is 15.6. The fourth-order valence-corrected chi connectivity index (χ4v) is 4.95. The van der Waals surface area contributed by atoms with Crippen molar-refractivity contribution in [3.63, 3.8) is 0 Å². The number of anilines is 1. The highest BCUT2D eigenvalue weighted by atomic mass is 35.5. The Balaban J connectivity index is 1.85. The summed E-state index contributed by atoms with van der Waals surface area (Å²) >= 11 is 6.15. The van der Waals surface area contributed by atoms with Crippen LogP contribution in [0, 0.1) is 6.92 Å². The van der Waals surface area contributed by atoms with Crippen LogP contribution >= 0.6 is 11.6 Å². The van der Waals surface area contributed by atoms with Crippen LogP contribution in [0.15, 0.2) is 47.4 Å². The van der Waals surface area contributed by atoms with E-state index in [0.29, 0.717) is 24.3 Å². The van der Waals surface area contributed by atoms with Crippen molar-refractivity contribution in [1.29, 1.82) is 0 Å². The van der Waals surface area contributed by atoms with Crippen LogP contribution in [-0.4, -0.2) is 31.7 Å². The molecule has 0 radical (unpaired) electrons. The van der Waals surface area contributed by atoms with Crippen LogP contribution in [0.2, 0.25) is 5.02 Å². The number of carbonyl (C=O) groups excluding carboxylic acids is 1. The lowest BCUT2D eigenvalue weighted by molar-refractivity contribution is 0.102. The number of piperidine rings is 1. The predicted molar refractivity (Wildman–Crippen MR) is 103 cm³/mol. The van der Waals surface area contributed by atoms with Gasteiger partial charge in [-0.05, 0) is 50.1 Å². The maximum absolute atomic E-state index is 12.9. The summed E-state index contributed by atoms with van der Waals surface area (Å²) in [6, 6.07) is 11.7. The van der Waals surface area contributed by atoms with Crippen LogP contribution in [0.4, 0.5) is 5.69 Å².